The number of alkyl halides is 1. The van der Waals surface area contributed by atoms with Gasteiger partial charge in [0.2, 0.25) is 5.13 Å². The first-order chi connectivity index (χ1) is 6.75. The molecule has 0 N–H and O–H groups in total. The molecule has 0 spiro atoms. The molecule has 0 radical (unpaired) electrons. The summed E-state index contributed by atoms with van der Waals surface area (Å²) in [6.07, 6.45) is 3.72. The Balaban J connectivity index is 2.04. The largest absolute Gasteiger partial charge is 0.347 e. The first kappa shape index (κ1) is 10.4. The van der Waals surface area contributed by atoms with Gasteiger partial charge in [0.05, 0.1) is 0 Å². The predicted molar refractivity (Wildman–Crippen MR) is 63.4 cm³/mol. The van der Waals surface area contributed by atoms with Crippen LogP contribution < -0.4 is 4.90 Å². The Bertz CT molecular complexity index is 302. The maximum atomic E-state index is 4.19. The minimum atomic E-state index is 0.682. The number of rotatable bonds is 1. The monoisotopic (exact) mass is 275 g/mol. The summed E-state index contributed by atoms with van der Waals surface area (Å²) in [6, 6.07) is 0. The average molecular weight is 276 g/mol. The molecule has 0 bridgehead atoms. The zero-order valence-electron chi connectivity index (χ0n) is 8.24. The second-order valence-corrected chi connectivity index (χ2v) is 6.07. The summed E-state index contributed by atoms with van der Waals surface area (Å²) >= 11 is 5.38. The Morgan fingerprint density at radius 2 is 2.21 bits per heavy atom. The standard InChI is InChI=1S/C9H14BrN3S/c1-7-11-12-9(14-7)13-5-2-3-8(10)4-6-13/h8H,2-6H2,1H3. The van der Waals surface area contributed by atoms with Gasteiger partial charge in [-0.15, -0.1) is 10.2 Å². The van der Waals surface area contributed by atoms with Gasteiger partial charge in [-0.05, 0) is 26.2 Å². The van der Waals surface area contributed by atoms with Gasteiger partial charge in [-0.3, -0.25) is 0 Å². The van der Waals surface area contributed by atoms with Crippen LogP contribution in [0.1, 0.15) is 24.3 Å². The van der Waals surface area contributed by atoms with E-state index in [1.807, 2.05) is 6.92 Å². The molecule has 0 aromatic carbocycles. The van der Waals surface area contributed by atoms with Gasteiger partial charge in [-0.2, -0.15) is 0 Å². The molecular formula is C9H14BrN3S. The van der Waals surface area contributed by atoms with Crippen molar-refractivity contribution in [3.8, 4) is 0 Å². The molecule has 1 aliphatic heterocycles. The lowest BCUT2D eigenvalue weighted by atomic mass is 10.2. The molecule has 1 saturated heterocycles. The zero-order chi connectivity index (χ0) is 9.97. The number of hydrogen-bond acceptors (Lipinski definition) is 4. The lowest BCUT2D eigenvalue weighted by Gasteiger charge is -2.17. The first-order valence-electron chi connectivity index (χ1n) is 4.95. The molecule has 1 unspecified atom stereocenters. The highest BCUT2D eigenvalue weighted by Gasteiger charge is 2.17. The van der Waals surface area contributed by atoms with Crippen LogP contribution in [0.15, 0.2) is 0 Å². The summed E-state index contributed by atoms with van der Waals surface area (Å²) in [4.78, 5) is 3.04. The second-order valence-electron chi connectivity index (χ2n) is 3.62. The fourth-order valence-corrected chi connectivity index (χ4v) is 2.93. The summed E-state index contributed by atoms with van der Waals surface area (Å²) < 4.78 is 0. The lowest BCUT2D eigenvalue weighted by Crippen LogP contribution is -2.24. The van der Waals surface area contributed by atoms with Gasteiger partial charge in [0, 0.05) is 17.9 Å². The summed E-state index contributed by atoms with van der Waals surface area (Å²) in [5.41, 5.74) is 0. The van der Waals surface area contributed by atoms with Crippen molar-refractivity contribution in [3.63, 3.8) is 0 Å². The highest BCUT2D eigenvalue weighted by molar-refractivity contribution is 9.09. The van der Waals surface area contributed by atoms with E-state index in [0.717, 1.165) is 23.2 Å². The Morgan fingerprint density at radius 1 is 1.36 bits per heavy atom. The van der Waals surface area contributed by atoms with Crippen molar-refractivity contribution >= 4 is 32.4 Å². The molecule has 0 amide bonds. The Hall–Kier alpha value is -0.160. The SMILES string of the molecule is Cc1nnc(N2CCCC(Br)CC2)s1. The van der Waals surface area contributed by atoms with Crippen molar-refractivity contribution < 1.29 is 0 Å². The lowest BCUT2D eigenvalue weighted by molar-refractivity contribution is 0.753. The van der Waals surface area contributed by atoms with Crippen molar-refractivity contribution in [2.75, 3.05) is 18.0 Å². The number of nitrogens with zero attached hydrogens (tertiary/aromatic N) is 3. The predicted octanol–water partition coefficient (Wildman–Crippen LogP) is 2.60. The second kappa shape index (κ2) is 4.57. The fourth-order valence-electron chi connectivity index (χ4n) is 1.66. The Labute approximate surface area is 96.7 Å². The van der Waals surface area contributed by atoms with Gasteiger partial charge in [-0.25, -0.2) is 0 Å². The smallest absolute Gasteiger partial charge is 0.208 e. The number of halogens is 1. The van der Waals surface area contributed by atoms with Crippen LogP contribution >= 0.6 is 27.3 Å². The van der Waals surface area contributed by atoms with Crippen LogP contribution in [0.25, 0.3) is 0 Å². The van der Waals surface area contributed by atoms with Gasteiger partial charge in [0.15, 0.2) is 0 Å². The third-order valence-electron chi connectivity index (χ3n) is 2.44. The van der Waals surface area contributed by atoms with E-state index in [1.165, 1.54) is 19.3 Å². The van der Waals surface area contributed by atoms with Crippen molar-refractivity contribution in [2.45, 2.75) is 31.0 Å². The number of aryl methyl sites for hydroxylation is 1. The van der Waals surface area contributed by atoms with Crippen LogP contribution in [0.3, 0.4) is 0 Å². The first-order valence-corrected chi connectivity index (χ1v) is 6.68. The number of aromatic nitrogens is 2. The Kier molecular flexibility index (Phi) is 3.38. The highest BCUT2D eigenvalue weighted by Crippen LogP contribution is 2.24. The minimum absolute atomic E-state index is 0.682. The van der Waals surface area contributed by atoms with Crippen molar-refractivity contribution in [2.24, 2.45) is 0 Å². The minimum Gasteiger partial charge on any atom is -0.347 e. The fraction of sp³-hybridized carbons (Fsp3) is 0.778. The molecule has 1 aliphatic rings. The van der Waals surface area contributed by atoms with Crippen LogP contribution in [0.4, 0.5) is 5.13 Å². The third kappa shape index (κ3) is 2.45. The molecule has 2 heterocycles. The van der Waals surface area contributed by atoms with Crippen molar-refractivity contribution in [1.29, 1.82) is 0 Å². The number of hydrogen-bond donors (Lipinski definition) is 0. The third-order valence-corrected chi connectivity index (χ3v) is 4.26. The van der Waals surface area contributed by atoms with E-state index >= 15 is 0 Å². The van der Waals surface area contributed by atoms with E-state index in [-0.39, 0.29) is 0 Å². The quantitative estimate of drug-likeness (QED) is 0.738. The van der Waals surface area contributed by atoms with E-state index in [2.05, 4.69) is 31.0 Å². The van der Waals surface area contributed by atoms with Crippen molar-refractivity contribution in [3.05, 3.63) is 5.01 Å². The van der Waals surface area contributed by atoms with Crippen LogP contribution in [-0.4, -0.2) is 28.1 Å². The molecule has 14 heavy (non-hydrogen) atoms. The van der Waals surface area contributed by atoms with E-state index < -0.39 is 0 Å². The highest BCUT2D eigenvalue weighted by atomic mass is 79.9. The van der Waals surface area contributed by atoms with Crippen LogP contribution in [0, 0.1) is 6.92 Å². The molecular weight excluding hydrogens is 262 g/mol. The molecule has 78 valence electrons. The molecule has 1 aromatic heterocycles. The topological polar surface area (TPSA) is 29.0 Å². The van der Waals surface area contributed by atoms with Gasteiger partial charge in [0.25, 0.3) is 0 Å². The van der Waals surface area contributed by atoms with Gasteiger partial charge in [-0.1, -0.05) is 27.3 Å². The summed E-state index contributed by atoms with van der Waals surface area (Å²) in [6.45, 7) is 4.23. The van der Waals surface area contributed by atoms with Crippen LogP contribution in [-0.2, 0) is 0 Å². The molecule has 1 atom stereocenters. The molecule has 5 heteroatoms. The van der Waals surface area contributed by atoms with E-state index in [9.17, 15) is 0 Å². The number of anilines is 1. The van der Waals surface area contributed by atoms with E-state index in [4.69, 9.17) is 0 Å². The van der Waals surface area contributed by atoms with Crippen molar-refractivity contribution in [1.82, 2.24) is 10.2 Å². The zero-order valence-corrected chi connectivity index (χ0v) is 10.6. The molecule has 1 aromatic rings. The van der Waals surface area contributed by atoms with Gasteiger partial charge >= 0.3 is 0 Å². The van der Waals surface area contributed by atoms with E-state index in [0.29, 0.717) is 4.83 Å². The van der Waals surface area contributed by atoms with Gasteiger partial charge < -0.3 is 4.90 Å². The maximum Gasteiger partial charge on any atom is 0.208 e. The van der Waals surface area contributed by atoms with E-state index in [1.54, 1.807) is 11.3 Å². The molecule has 1 fully saturated rings. The van der Waals surface area contributed by atoms with Crippen LogP contribution in [0.2, 0.25) is 0 Å². The molecule has 2 rings (SSSR count). The summed E-state index contributed by atoms with van der Waals surface area (Å²) in [7, 11) is 0. The normalized spacial score (nSPS) is 23.6. The molecule has 0 aliphatic carbocycles. The van der Waals surface area contributed by atoms with Crippen LogP contribution in [0.5, 0.6) is 0 Å². The summed E-state index contributed by atoms with van der Waals surface area (Å²) in [5.74, 6) is 0. The maximum absolute atomic E-state index is 4.19. The Morgan fingerprint density at radius 3 is 2.93 bits per heavy atom. The molecule has 0 saturated carbocycles. The summed E-state index contributed by atoms with van der Waals surface area (Å²) in [5, 5.41) is 10.4. The van der Waals surface area contributed by atoms with Gasteiger partial charge in [0.1, 0.15) is 5.01 Å². The molecule has 3 nitrogen and oxygen atoms in total. The average Bonchev–Trinajstić information content (AvgIpc) is 2.46.